The van der Waals surface area contributed by atoms with Crippen LogP contribution in [0.4, 0.5) is 4.79 Å². The van der Waals surface area contributed by atoms with Gasteiger partial charge in [-0.2, -0.15) is 0 Å². The molecule has 0 aromatic heterocycles. The van der Waals surface area contributed by atoms with Crippen molar-refractivity contribution in [1.29, 1.82) is 0 Å². The van der Waals surface area contributed by atoms with E-state index in [4.69, 9.17) is 10.2 Å². The number of carboxylic acids is 1. The molecular formula is C10H20N2O4. The summed E-state index contributed by atoms with van der Waals surface area (Å²) in [5, 5.41) is 22.3. The van der Waals surface area contributed by atoms with Crippen LogP contribution in [-0.4, -0.2) is 40.9 Å². The van der Waals surface area contributed by atoms with Gasteiger partial charge in [-0.3, -0.25) is 0 Å². The molecule has 16 heavy (non-hydrogen) atoms. The Labute approximate surface area is 95.0 Å². The Morgan fingerprint density at radius 1 is 1.31 bits per heavy atom. The van der Waals surface area contributed by atoms with Crippen LogP contribution in [0.1, 0.15) is 33.1 Å². The van der Waals surface area contributed by atoms with Gasteiger partial charge in [0.15, 0.2) is 6.10 Å². The van der Waals surface area contributed by atoms with E-state index in [9.17, 15) is 9.59 Å². The molecule has 94 valence electrons. The Morgan fingerprint density at radius 3 is 2.38 bits per heavy atom. The second-order valence-electron chi connectivity index (χ2n) is 3.60. The first-order valence-electron chi connectivity index (χ1n) is 5.46. The van der Waals surface area contributed by atoms with Crippen molar-refractivity contribution in [2.45, 2.75) is 45.3 Å². The zero-order valence-electron chi connectivity index (χ0n) is 9.69. The van der Waals surface area contributed by atoms with E-state index < -0.39 is 18.1 Å². The van der Waals surface area contributed by atoms with Crippen molar-refractivity contribution < 1.29 is 19.8 Å². The van der Waals surface area contributed by atoms with Crippen molar-refractivity contribution >= 4 is 12.0 Å². The minimum atomic E-state index is -1.56. The van der Waals surface area contributed by atoms with Gasteiger partial charge in [-0.1, -0.05) is 20.3 Å². The molecule has 6 heteroatoms. The first kappa shape index (κ1) is 14.7. The van der Waals surface area contributed by atoms with Gasteiger partial charge in [0, 0.05) is 6.04 Å². The number of hydrogen-bond acceptors (Lipinski definition) is 3. The van der Waals surface area contributed by atoms with Gasteiger partial charge in [0.1, 0.15) is 0 Å². The summed E-state index contributed by atoms with van der Waals surface area (Å²) in [6.45, 7) is 3.70. The third kappa shape index (κ3) is 6.23. The predicted molar refractivity (Wildman–Crippen MR) is 59.2 cm³/mol. The lowest BCUT2D eigenvalue weighted by Crippen LogP contribution is -2.45. The van der Waals surface area contributed by atoms with Gasteiger partial charge in [-0.25, -0.2) is 9.59 Å². The van der Waals surface area contributed by atoms with Crippen LogP contribution in [0.3, 0.4) is 0 Å². The maximum Gasteiger partial charge on any atom is 0.334 e. The number of hydrogen-bond donors (Lipinski definition) is 4. The highest BCUT2D eigenvalue weighted by Crippen LogP contribution is 2.00. The summed E-state index contributed by atoms with van der Waals surface area (Å²) >= 11 is 0. The second-order valence-corrected chi connectivity index (χ2v) is 3.60. The third-order valence-electron chi connectivity index (χ3n) is 2.21. The zero-order valence-corrected chi connectivity index (χ0v) is 9.69. The summed E-state index contributed by atoms with van der Waals surface area (Å²) in [6, 6.07) is -0.354. The van der Waals surface area contributed by atoms with Crippen LogP contribution in [0, 0.1) is 0 Å². The number of urea groups is 1. The van der Waals surface area contributed by atoms with Crippen LogP contribution in [0.5, 0.6) is 0 Å². The van der Waals surface area contributed by atoms with Gasteiger partial charge < -0.3 is 20.8 Å². The SMILES string of the molecule is CCCC(CC)NC(=O)NC[C@H](O)C(=O)O. The molecule has 0 spiro atoms. The Hall–Kier alpha value is -1.30. The number of aliphatic hydroxyl groups is 1. The molecule has 0 aliphatic carbocycles. The molecule has 0 saturated carbocycles. The van der Waals surface area contributed by atoms with E-state index in [-0.39, 0.29) is 12.6 Å². The summed E-state index contributed by atoms with van der Waals surface area (Å²) in [6.07, 6.45) is 1.11. The van der Waals surface area contributed by atoms with Gasteiger partial charge in [0.2, 0.25) is 0 Å². The minimum Gasteiger partial charge on any atom is -0.479 e. The highest BCUT2D eigenvalue weighted by atomic mass is 16.4. The fourth-order valence-corrected chi connectivity index (χ4v) is 1.24. The van der Waals surface area contributed by atoms with E-state index in [1.807, 2.05) is 13.8 Å². The summed E-state index contributed by atoms with van der Waals surface area (Å²) in [4.78, 5) is 21.6. The molecule has 1 unspecified atom stereocenters. The average Bonchev–Trinajstić information content (AvgIpc) is 2.24. The molecule has 0 rings (SSSR count). The molecule has 0 radical (unpaired) electrons. The van der Waals surface area contributed by atoms with Gasteiger partial charge >= 0.3 is 12.0 Å². The summed E-state index contributed by atoms with van der Waals surface area (Å²) in [5.74, 6) is -1.35. The molecule has 2 amide bonds. The van der Waals surface area contributed by atoms with E-state index in [1.54, 1.807) is 0 Å². The molecule has 0 fully saturated rings. The topological polar surface area (TPSA) is 98.7 Å². The zero-order chi connectivity index (χ0) is 12.6. The van der Waals surface area contributed by atoms with Crippen LogP contribution in [-0.2, 0) is 4.79 Å². The van der Waals surface area contributed by atoms with E-state index in [0.29, 0.717) is 0 Å². The van der Waals surface area contributed by atoms with E-state index in [1.165, 1.54) is 0 Å². The summed E-state index contributed by atoms with van der Waals surface area (Å²) < 4.78 is 0. The van der Waals surface area contributed by atoms with Gasteiger partial charge in [-0.05, 0) is 12.8 Å². The Kier molecular flexibility index (Phi) is 7.28. The highest BCUT2D eigenvalue weighted by molar-refractivity contribution is 5.76. The first-order valence-corrected chi connectivity index (χ1v) is 5.46. The number of carbonyl (C=O) groups excluding carboxylic acids is 1. The smallest absolute Gasteiger partial charge is 0.334 e. The molecule has 0 aliphatic rings. The van der Waals surface area contributed by atoms with Crippen molar-refractivity contribution in [3.05, 3.63) is 0 Å². The molecule has 0 bridgehead atoms. The van der Waals surface area contributed by atoms with Crippen molar-refractivity contribution in [2.75, 3.05) is 6.54 Å². The first-order chi connectivity index (χ1) is 7.51. The normalized spacial score (nSPS) is 13.9. The molecule has 0 saturated heterocycles. The Morgan fingerprint density at radius 2 is 1.94 bits per heavy atom. The molecule has 6 nitrogen and oxygen atoms in total. The lowest BCUT2D eigenvalue weighted by molar-refractivity contribution is -0.146. The summed E-state index contributed by atoms with van der Waals surface area (Å²) in [5.41, 5.74) is 0. The second kappa shape index (κ2) is 7.92. The average molecular weight is 232 g/mol. The Balaban J connectivity index is 3.84. The third-order valence-corrected chi connectivity index (χ3v) is 2.21. The minimum absolute atomic E-state index is 0.0898. The standard InChI is InChI=1S/C10H20N2O4/c1-3-5-7(4-2)12-10(16)11-6-8(13)9(14)15/h7-8,13H,3-6H2,1-2H3,(H,14,15)(H2,11,12,16)/t7?,8-/m0/s1. The number of rotatable bonds is 7. The van der Waals surface area contributed by atoms with E-state index in [0.717, 1.165) is 19.3 Å². The number of nitrogens with one attached hydrogen (secondary N) is 2. The fraction of sp³-hybridized carbons (Fsp3) is 0.800. The largest absolute Gasteiger partial charge is 0.479 e. The molecule has 0 aliphatic heterocycles. The molecule has 0 aromatic carbocycles. The Bertz CT molecular complexity index is 233. The quantitative estimate of drug-likeness (QED) is 0.507. The van der Waals surface area contributed by atoms with Gasteiger partial charge in [-0.15, -0.1) is 0 Å². The van der Waals surface area contributed by atoms with Crippen LogP contribution in [0.25, 0.3) is 0 Å². The predicted octanol–water partition coefficient (Wildman–Crippen LogP) is 0.310. The van der Waals surface area contributed by atoms with E-state index in [2.05, 4.69) is 10.6 Å². The van der Waals surface area contributed by atoms with Crippen LogP contribution < -0.4 is 10.6 Å². The van der Waals surface area contributed by atoms with Crippen molar-refractivity contribution in [3.63, 3.8) is 0 Å². The molecule has 4 N–H and O–H groups in total. The number of aliphatic carboxylic acids is 1. The van der Waals surface area contributed by atoms with Crippen molar-refractivity contribution in [1.82, 2.24) is 10.6 Å². The lowest BCUT2D eigenvalue weighted by atomic mass is 10.1. The summed E-state index contributed by atoms with van der Waals surface area (Å²) in [7, 11) is 0. The highest BCUT2D eigenvalue weighted by Gasteiger charge is 2.15. The molecule has 0 aromatic rings. The molecular weight excluding hydrogens is 212 g/mol. The van der Waals surface area contributed by atoms with Gasteiger partial charge in [0.25, 0.3) is 0 Å². The monoisotopic (exact) mass is 232 g/mol. The van der Waals surface area contributed by atoms with E-state index >= 15 is 0 Å². The number of aliphatic hydroxyl groups excluding tert-OH is 1. The van der Waals surface area contributed by atoms with Crippen LogP contribution >= 0.6 is 0 Å². The van der Waals surface area contributed by atoms with Crippen molar-refractivity contribution in [2.24, 2.45) is 0 Å². The number of carbonyl (C=O) groups is 2. The van der Waals surface area contributed by atoms with Crippen LogP contribution in [0.15, 0.2) is 0 Å². The maximum atomic E-state index is 11.3. The molecule has 0 heterocycles. The molecule has 2 atom stereocenters. The van der Waals surface area contributed by atoms with Crippen LogP contribution in [0.2, 0.25) is 0 Å². The lowest BCUT2D eigenvalue weighted by Gasteiger charge is -2.17. The maximum absolute atomic E-state index is 11.3. The fourth-order valence-electron chi connectivity index (χ4n) is 1.24. The van der Waals surface area contributed by atoms with Crippen molar-refractivity contribution in [3.8, 4) is 0 Å². The number of carboxylic acid groups (broad SMARTS) is 1. The van der Waals surface area contributed by atoms with Gasteiger partial charge in [0.05, 0.1) is 6.54 Å². The number of amides is 2.